The lowest BCUT2D eigenvalue weighted by atomic mass is 10.0. The fraction of sp³-hybridized carbons (Fsp3) is 0.462. The summed E-state index contributed by atoms with van der Waals surface area (Å²) in [4.78, 5) is 11.2. The normalized spacial score (nSPS) is 18.8. The molecular formula is C13H17NO2. The van der Waals surface area contributed by atoms with Gasteiger partial charge in [0, 0.05) is 12.1 Å². The van der Waals surface area contributed by atoms with E-state index in [-0.39, 0.29) is 6.04 Å². The summed E-state index contributed by atoms with van der Waals surface area (Å²) in [5.41, 5.74) is 2.62. The molecule has 0 fully saturated rings. The summed E-state index contributed by atoms with van der Waals surface area (Å²) in [5, 5.41) is 12.6. The van der Waals surface area contributed by atoms with E-state index in [9.17, 15) is 9.90 Å². The number of aromatic carboxylic acids is 1. The van der Waals surface area contributed by atoms with Gasteiger partial charge in [-0.2, -0.15) is 0 Å². The van der Waals surface area contributed by atoms with Crippen molar-refractivity contribution in [1.82, 2.24) is 5.32 Å². The van der Waals surface area contributed by atoms with Gasteiger partial charge in [0.1, 0.15) is 0 Å². The summed E-state index contributed by atoms with van der Waals surface area (Å²) in [6.07, 6.45) is 1.97. The van der Waals surface area contributed by atoms with E-state index < -0.39 is 5.97 Å². The van der Waals surface area contributed by atoms with Gasteiger partial charge < -0.3 is 10.4 Å². The van der Waals surface area contributed by atoms with Crippen molar-refractivity contribution >= 4 is 5.97 Å². The van der Waals surface area contributed by atoms with Crippen molar-refractivity contribution < 1.29 is 9.90 Å². The first-order valence-corrected chi connectivity index (χ1v) is 5.70. The van der Waals surface area contributed by atoms with Crippen LogP contribution >= 0.6 is 0 Å². The fourth-order valence-corrected chi connectivity index (χ4v) is 2.44. The zero-order valence-electron chi connectivity index (χ0n) is 9.66. The van der Waals surface area contributed by atoms with Crippen molar-refractivity contribution in [2.24, 2.45) is 0 Å². The van der Waals surface area contributed by atoms with Crippen molar-refractivity contribution in [2.45, 2.75) is 38.8 Å². The lowest BCUT2D eigenvalue weighted by Gasteiger charge is -2.18. The molecular weight excluding hydrogens is 202 g/mol. The van der Waals surface area contributed by atoms with Gasteiger partial charge in [-0.05, 0) is 30.0 Å². The molecule has 0 aromatic heterocycles. The largest absolute Gasteiger partial charge is 0.478 e. The van der Waals surface area contributed by atoms with Gasteiger partial charge in [0.15, 0.2) is 0 Å². The Kier molecular flexibility index (Phi) is 2.97. The first-order chi connectivity index (χ1) is 7.59. The van der Waals surface area contributed by atoms with Gasteiger partial charge in [-0.3, -0.25) is 0 Å². The predicted molar refractivity (Wildman–Crippen MR) is 62.7 cm³/mol. The minimum Gasteiger partial charge on any atom is -0.478 e. The molecule has 2 rings (SSSR count). The van der Waals surface area contributed by atoms with Gasteiger partial charge in [-0.1, -0.05) is 26.0 Å². The molecule has 1 aromatic rings. The molecule has 86 valence electrons. The molecule has 3 nitrogen and oxygen atoms in total. The molecule has 1 aliphatic rings. The number of hydrogen-bond donors (Lipinski definition) is 2. The predicted octanol–water partition coefficient (Wildman–Crippen LogP) is 2.37. The number of carboxylic acid groups (broad SMARTS) is 1. The summed E-state index contributed by atoms with van der Waals surface area (Å²) in [6.45, 7) is 4.17. The Bertz CT molecular complexity index is 412. The second-order valence-electron chi connectivity index (χ2n) is 4.60. The minimum atomic E-state index is -0.825. The average molecular weight is 219 g/mol. The van der Waals surface area contributed by atoms with Gasteiger partial charge in [0.25, 0.3) is 0 Å². The second-order valence-corrected chi connectivity index (χ2v) is 4.60. The van der Waals surface area contributed by atoms with Crippen LogP contribution in [-0.2, 0) is 6.42 Å². The van der Waals surface area contributed by atoms with Gasteiger partial charge in [-0.15, -0.1) is 0 Å². The van der Waals surface area contributed by atoms with Gasteiger partial charge >= 0.3 is 5.97 Å². The van der Waals surface area contributed by atoms with E-state index in [0.717, 1.165) is 18.4 Å². The summed E-state index contributed by atoms with van der Waals surface area (Å²) in [6, 6.07) is 6.13. The molecule has 1 unspecified atom stereocenters. The number of benzene rings is 1. The van der Waals surface area contributed by atoms with Crippen LogP contribution < -0.4 is 5.32 Å². The smallest absolute Gasteiger partial charge is 0.336 e. The first-order valence-electron chi connectivity index (χ1n) is 5.70. The monoisotopic (exact) mass is 219 g/mol. The lowest BCUT2D eigenvalue weighted by molar-refractivity contribution is 0.0695. The Morgan fingerprint density at radius 1 is 1.50 bits per heavy atom. The van der Waals surface area contributed by atoms with Crippen molar-refractivity contribution in [3.8, 4) is 0 Å². The molecule has 0 saturated carbocycles. The number of nitrogens with one attached hydrogen (secondary N) is 1. The van der Waals surface area contributed by atoms with Gasteiger partial charge in [0.05, 0.1) is 5.56 Å². The van der Waals surface area contributed by atoms with Crippen LogP contribution in [-0.4, -0.2) is 17.1 Å². The fourth-order valence-electron chi connectivity index (χ4n) is 2.44. The second kappa shape index (κ2) is 4.26. The van der Waals surface area contributed by atoms with Crippen LogP contribution in [0.15, 0.2) is 18.2 Å². The van der Waals surface area contributed by atoms with E-state index in [1.54, 1.807) is 6.07 Å². The molecule has 0 amide bonds. The van der Waals surface area contributed by atoms with Crippen LogP contribution in [0, 0.1) is 0 Å². The number of carboxylic acids is 1. The molecule has 1 aliphatic carbocycles. The van der Waals surface area contributed by atoms with Gasteiger partial charge in [-0.25, -0.2) is 4.79 Å². The quantitative estimate of drug-likeness (QED) is 0.820. The highest BCUT2D eigenvalue weighted by molar-refractivity contribution is 5.90. The van der Waals surface area contributed by atoms with Crippen LogP contribution in [0.2, 0.25) is 0 Å². The van der Waals surface area contributed by atoms with Crippen LogP contribution in [0.1, 0.15) is 47.8 Å². The highest BCUT2D eigenvalue weighted by atomic mass is 16.4. The van der Waals surface area contributed by atoms with E-state index in [1.807, 2.05) is 12.1 Å². The third kappa shape index (κ3) is 1.95. The first kappa shape index (κ1) is 11.1. The topological polar surface area (TPSA) is 49.3 Å². The minimum absolute atomic E-state index is 0.197. The molecule has 1 aromatic carbocycles. The Balaban J connectivity index is 2.39. The van der Waals surface area contributed by atoms with Crippen LogP contribution in [0.3, 0.4) is 0 Å². The maximum absolute atomic E-state index is 11.2. The summed E-state index contributed by atoms with van der Waals surface area (Å²) in [5.74, 6) is -0.825. The molecule has 0 saturated heterocycles. The van der Waals surface area contributed by atoms with E-state index in [0.29, 0.717) is 11.6 Å². The molecule has 0 aliphatic heterocycles. The van der Waals surface area contributed by atoms with E-state index in [4.69, 9.17) is 0 Å². The van der Waals surface area contributed by atoms with Crippen molar-refractivity contribution in [3.05, 3.63) is 34.9 Å². The molecule has 0 bridgehead atoms. The SMILES string of the molecule is CC(C)NC1CCc2cccc(C(=O)O)c21. The van der Waals surface area contributed by atoms with Crippen molar-refractivity contribution in [2.75, 3.05) is 0 Å². The van der Waals surface area contributed by atoms with Gasteiger partial charge in [0.2, 0.25) is 0 Å². The summed E-state index contributed by atoms with van der Waals surface area (Å²) in [7, 11) is 0. The Morgan fingerprint density at radius 2 is 2.25 bits per heavy atom. The van der Waals surface area contributed by atoms with E-state index >= 15 is 0 Å². The Morgan fingerprint density at radius 3 is 2.88 bits per heavy atom. The summed E-state index contributed by atoms with van der Waals surface area (Å²) < 4.78 is 0. The van der Waals surface area contributed by atoms with E-state index in [1.165, 1.54) is 5.56 Å². The van der Waals surface area contributed by atoms with Crippen LogP contribution in [0.5, 0.6) is 0 Å². The number of hydrogen-bond acceptors (Lipinski definition) is 2. The molecule has 1 atom stereocenters. The molecule has 0 heterocycles. The molecule has 0 radical (unpaired) electrons. The highest BCUT2D eigenvalue weighted by Crippen LogP contribution is 2.34. The molecule has 0 spiro atoms. The van der Waals surface area contributed by atoms with Crippen LogP contribution in [0.25, 0.3) is 0 Å². The van der Waals surface area contributed by atoms with Crippen molar-refractivity contribution in [3.63, 3.8) is 0 Å². The van der Waals surface area contributed by atoms with Crippen LogP contribution in [0.4, 0.5) is 0 Å². The molecule has 2 N–H and O–H groups in total. The number of rotatable bonds is 3. The lowest BCUT2D eigenvalue weighted by Crippen LogP contribution is -2.27. The summed E-state index contributed by atoms with van der Waals surface area (Å²) >= 11 is 0. The van der Waals surface area contributed by atoms with E-state index in [2.05, 4.69) is 19.2 Å². The highest BCUT2D eigenvalue weighted by Gasteiger charge is 2.27. The number of carbonyl (C=O) groups is 1. The number of fused-ring (bicyclic) bond motifs is 1. The Labute approximate surface area is 95.5 Å². The zero-order valence-corrected chi connectivity index (χ0v) is 9.66. The zero-order chi connectivity index (χ0) is 11.7. The van der Waals surface area contributed by atoms with Crippen molar-refractivity contribution in [1.29, 1.82) is 0 Å². The molecule has 3 heteroatoms. The standard InChI is InChI=1S/C13H17NO2/c1-8(2)14-11-7-6-9-4-3-5-10(12(9)11)13(15)16/h3-5,8,11,14H,6-7H2,1-2H3,(H,15,16). The maximum Gasteiger partial charge on any atom is 0.336 e. The average Bonchev–Trinajstić information content (AvgIpc) is 2.60. The third-order valence-corrected chi connectivity index (χ3v) is 3.01. The number of aryl methyl sites for hydroxylation is 1. The third-order valence-electron chi connectivity index (χ3n) is 3.01. The maximum atomic E-state index is 11.2. The Hall–Kier alpha value is -1.35. The molecule has 16 heavy (non-hydrogen) atoms.